The zero-order valence-corrected chi connectivity index (χ0v) is 18.1. The summed E-state index contributed by atoms with van der Waals surface area (Å²) in [6.07, 6.45) is 2.65. The van der Waals surface area contributed by atoms with Crippen molar-refractivity contribution in [3.05, 3.63) is 95.8 Å². The number of imidazole rings is 1. The molecule has 5 aromatic rings. The summed E-state index contributed by atoms with van der Waals surface area (Å²) in [6.45, 7) is 0. The number of para-hydroxylation sites is 1. The number of ketones is 1. The minimum atomic E-state index is -0.361. The van der Waals surface area contributed by atoms with E-state index in [9.17, 15) is 9.59 Å². The SMILES string of the molecule is O=C(CC1=Nc2ccccc2C1)c1ccc2nc(NC(=O)c3cc4ccccc4cn3)[nH]c2c1. The number of benzene rings is 3. The van der Waals surface area contributed by atoms with Crippen LogP contribution in [0.15, 0.2) is 84.0 Å². The molecule has 34 heavy (non-hydrogen) atoms. The van der Waals surface area contributed by atoms with Crippen molar-refractivity contribution in [1.29, 1.82) is 0 Å². The highest BCUT2D eigenvalue weighted by Crippen LogP contribution is 2.27. The zero-order chi connectivity index (χ0) is 23.1. The van der Waals surface area contributed by atoms with Crippen LogP contribution in [0, 0.1) is 0 Å². The molecule has 0 atom stereocenters. The molecule has 1 amide bonds. The molecule has 0 fully saturated rings. The largest absolute Gasteiger partial charge is 0.324 e. The van der Waals surface area contributed by atoms with E-state index in [1.54, 1.807) is 30.5 Å². The lowest BCUT2D eigenvalue weighted by atomic mass is 10.0. The first-order valence-corrected chi connectivity index (χ1v) is 11.0. The van der Waals surface area contributed by atoms with E-state index in [0.717, 1.165) is 27.7 Å². The lowest BCUT2D eigenvalue weighted by Gasteiger charge is -2.03. The monoisotopic (exact) mass is 445 g/mol. The first kappa shape index (κ1) is 20.0. The summed E-state index contributed by atoms with van der Waals surface area (Å²) in [5.41, 5.74) is 5.16. The molecule has 0 radical (unpaired) electrons. The molecular formula is C27H19N5O2. The molecule has 0 saturated heterocycles. The first-order valence-electron chi connectivity index (χ1n) is 11.0. The Hall–Kier alpha value is -4.65. The van der Waals surface area contributed by atoms with Gasteiger partial charge in [-0.15, -0.1) is 0 Å². The van der Waals surface area contributed by atoms with Crippen molar-refractivity contribution in [3.63, 3.8) is 0 Å². The Morgan fingerprint density at radius 1 is 0.941 bits per heavy atom. The number of rotatable bonds is 5. The number of aliphatic imine (C=N–C) groups is 1. The van der Waals surface area contributed by atoms with E-state index in [0.29, 0.717) is 34.7 Å². The van der Waals surface area contributed by atoms with Crippen molar-refractivity contribution in [2.45, 2.75) is 12.8 Å². The van der Waals surface area contributed by atoms with Crippen LogP contribution in [0.1, 0.15) is 32.8 Å². The summed E-state index contributed by atoms with van der Waals surface area (Å²) < 4.78 is 0. The number of carbonyl (C=O) groups is 2. The molecule has 0 spiro atoms. The zero-order valence-electron chi connectivity index (χ0n) is 18.1. The van der Waals surface area contributed by atoms with E-state index in [4.69, 9.17) is 0 Å². The minimum absolute atomic E-state index is 0.00555. The standard InChI is InChI=1S/C27H19N5O2/c33-25(14-20-11-17-6-3-4-8-21(17)29-20)18-9-10-22-23(13-18)31-27(30-22)32-26(34)24-12-16-5-1-2-7-19(16)15-28-24/h1-10,12-13,15H,11,14H2,(H2,30,31,32,34). The van der Waals surface area contributed by atoms with E-state index >= 15 is 0 Å². The number of carbonyl (C=O) groups excluding carboxylic acids is 2. The number of aromatic amines is 1. The van der Waals surface area contributed by atoms with E-state index in [1.165, 1.54) is 0 Å². The second-order valence-corrected chi connectivity index (χ2v) is 8.27. The van der Waals surface area contributed by atoms with Crippen molar-refractivity contribution in [2.75, 3.05) is 5.32 Å². The number of nitrogens with zero attached hydrogens (tertiary/aromatic N) is 3. The van der Waals surface area contributed by atoms with Crippen LogP contribution in [0.3, 0.4) is 0 Å². The van der Waals surface area contributed by atoms with Gasteiger partial charge in [-0.3, -0.25) is 24.9 Å². The van der Waals surface area contributed by atoms with E-state index in [-0.39, 0.29) is 18.1 Å². The lowest BCUT2D eigenvalue weighted by Crippen LogP contribution is -2.14. The van der Waals surface area contributed by atoms with Gasteiger partial charge in [0.2, 0.25) is 5.95 Å². The average molecular weight is 445 g/mol. The first-order chi connectivity index (χ1) is 16.6. The predicted octanol–water partition coefficient (Wildman–Crippen LogP) is 5.27. The summed E-state index contributed by atoms with van der Waals surface area (Å²) in [5.74, 6) is -0.0656. The number of hydrogen-bond donors (Lipinski definition) is 2. The number of anilines is 1. The van der Waals surface area contributed by atoms with Crippen molar-refractivity contribution >= 4 is 50.8 Å². The van der Waals surface area contributed by atoms with Crippen LogP contribution in [0.2, 0.25) is 0 Å². The van der Waals surface area contributed by atoms with E-state index in [2.05, 4.69) is 25.3 Å². The number of amides is 1. The maximum Gasteiger partial charge on any atom is 0.276 e. The Balaban J connectivity index is 1.18. The van der Waals surface area contributed by atoms with Crippen molar-refractivity contribution in [2.24, 2.45) is 4.99 Å². The second kappa shape index (κ2) is 8.04. The molecule has 1 aliphatic rings. The number of nitrogens with one attached hydrogen (secondary N) is 2. The van der Waals surface area contributed by atoms with Crippen LogP contribution in [0.4, 0.5) is 11.6 Å². The molecule has 3 heterocycles. The van der Waals surface area contributed by atoms with Gasteiger partial charge in [0.15, 0.2) is 5.78 Å². The number of H-pyrrole nitrogens is 1. The van der Waals surface area contributed by atoms with Gasteiger partial charge in [0.25, 0.3) is 5.91 Å². The molecule has 0 bridgehead atoms. The molecule has 0 aliphatic carbocycles. The summed E-state index contributed by atoms with van der Waals surface area (Å²) in [5, 5.41) is 4.66. The molecule has 1 aliphatic heterocycles. The Labute approximate surface area is 194 Å². The molecule has 0 unspecified atom stereocenters. The minimum Gasteiger partial charge on any atom is -0.324 e. The maximum atomic E-state index is 12.9. The van der Waals surface area contributed by atoms with Crippen LogP contribution in [-0.4, -0.2) is 32.4 Å². The van der Waals surface area contributed by atoms with Crippen molar-refractivity contribution in [3.8, 4) is 0 Å². The molecule has 7 heteroatoms. The van der Waals surface area contributed by atoms with Crippen LogP contribution in [0.25, 0.3) is 21.8 Å². The summed E-state index contributed by atoms with van der Waals surface area (Å²) in [4.78, 5) is 41.9. The highest BCUT2D eigenvalue weighted by atomic mass is 16.2. The van der Waals surface area contributed by atoms with Gasteiger partial charge in [-0.2, -0.15) is 0 Å². The van der Waals surface area contributed by atoms with Gasteiger partial charge in [-0.05, 0) is 41.3 Å². The fraction of sp³-hybridized carbons (Fsp3) is 0.0741. The molecule has 164 valence electrons. The van der Waals surface area contributed by atoms with Gasteiger partial charge in [-0.25, -0.2) is 4.98 Å². The predicted molar refractivity (Wildman–Crippen MR) is 132 cm³/mol. The molecule has 6 rings (SSSR count). The molecular weight excluding hydrogens is 426 g/mol. The van der Waals surface area contributed by atoms with E-state index in [1.807, 2.05) is 48.5 Å². The van der Waals surface area contributed by atoms with E-state index < -0.39 is 0 Å². The van der Waals surface area contributed by atoms with Crippen LogP contribution in [-0.2, 0) is 6.42 Å². The fourth-order valence-corrected chi connectivity index (χ4v) is 4.21. The van der Waals surface area contributed by atoms with Gasteiger partial charge in [-0.1, -0.05) is 42.5 Å². The highest BCUT2D eigenvalue weighted by Gasteiger charge is 2.18. The molecule has 2 N–H and O–H groups in total. The number of Topliss-reactive ketones (excluding diaryl/α,β-unsaturated/α-hetero) is 1. The smallest absolute Gasteiger partial charge is 0.276 e. The fourth-order valence-electron chi connectivity index (χ4n) is 4.21. The Kier molecular flexibility index (Phi) is 4.73. The average Bonchev–Trinajstić information content (AvgIpc) is 3.45. The second-order valence-electron chi connectivity index (χ2n) is 8.27. The van der Waals surface area contributed by atoms with Gasteiger partial charge in [0, 0.05) is 35.7 Å². The number of aromatic nitrogens is 3. The highest BCUT2D eigenvalue weighted by molar-refractivity contribution is 6.13. The third-order valence-corrected chi connectivity index (χ3v) is 5.93. The molecule has 2 aromatic heterocycles. The lowest BCUT2D eigenvalue weighted by molar-refractivity contribution is 0.0997. The number of pyridine rings is 1. The summed E-state index contributed by atoms with van der Waals surface area (Å²) in [6, 6.07) is 22.7. The van der Waals surface area contributed by atoms with Crippen LogP contribution in [0.5, 0.6) is 0 Å². The topological polar surface area (TPSA) is 100 Å². The molecule has 3 aromatic carbocycles. The Morgan fingerprint density at radius 3 is 2.65 bits per heavy atom. The summed E-state index contributed by atoms with van der Waals surface area (Å²) in [7, 11) is 0. The maximum absolute atomic E-state index is 12.9. The van der Waals surface area contributed by atoms with Crippen molar-refractivity contribution in [1.82, 2.24) is 15.0 Å². The third kappa shape index (κ3) is 3.73. The van der Waals surface area contributed by atoms with Crippen LogP contribution < -0.4 is 5.32 Å². The van der Waals surface area contributed by atoms with Crippen LogP contribution >= 0.6 is 0 Å². The normalized spacial score (nSPS) is 12.5. The van der Waals surface area contributed by atoms with Gasteiger partial charge in [0.1, 0.15) is 5.69 Å². The van der Waals surface area contributed by atoms with Gasteiger partial charge >= 0.3 is 0 Å². The Bertz CT molecular complexity index is 1630. The van der Waals surface area contributed by atoms with Crippen molar-refractivity contribution < 1.29 is 9.59 Å². The Morgan fingerprint density at radius 2 is 1.76 bits per heavy atom. The van der Waals surface area contributed by atoms with Gasteiger partial charge < -0.3 is 4.98 Å². The van der Waals surface area contributed by atoms with Gasteiger partial charge in [0.05, 0.1) is 16.7 Å². The quantitative estimate of drug-likeness (QED) is 0.360. The molecule has 0 saturated carbocycles. The third-order valence-electron chi connectivity index (χ3n) is 5.93. The summed E-state index contributed by atoms with van der Waals surface area (Å²) >= 11 is 0. The number of hydrogen-bond acceptors (Lipinski definition) is 5. The molecule has 7 nitrogen and oxygen atoms in total. The number of fused-ring (bicyclic) bond motifs is 3.